The maximum Gasteiger partial charge on any atom is 0.342 e. The van der Waals surface area contributed by atoms with Crippen molar-refractivity contribution in [2.45, 2.75) is 19.8 Å². The third kappa shape index (κ3) is 6.45. The van der Waals surface area contributed by atoms with E-state index in [9.17, 15) is 9.18 Å². The smallest absolute Gasteiger partial charge is 0.342 e. The van der Waals surface area contributed by atoms with E-state index in [-0.39, 0.29) is 30.2 Å². The van der Waals surface area contributed by atoms with Crippen LogP contribution >= 0.6 is 15.9 Å². The van der Waals surface area contributed by atoms with Crippen molar-refractivity contribution < 1.29 is 18.7 Å². The average molecular weight is 520 g/mol. The number of anilines is 1. The summed E-state index contributed by atoms with van der Waals surface area (Å²) < 4.78 is 27.3. The SMILES string of the molecule is O=C(OCc1ccccc1)c1cc(F)c(NCc2ccc(Br)cc2)cc1OCc1ccccc1. The maximum atomic E-state index is 15.0. The van der Waals surface area contributed by atoms with Crippen LogP contribution in [0.1, 0.15) is 27.0 Å². The van der Waals surface area contributed by atoms with Crippen molar-refractivity contribution in [2.24, 2.45) is 0 Å². The van der Waals surface area contributed by atoms with Crippen LogP contribution in [-0.2, 0) is 24.5 Å². The van der Waals surface area contributed by atoms with Gasteiger partial charge in [0.1, 0.15) is 30.3 Å². The molecule has 4 aromatic carbocycles. The number of carbonyl (C=O) groups is 1. The molecule has 0 aliphatic rings. The quantitative estimate of drug-likeness (QED) is 0.239. The van der Waals surface area contributed by atoms with Crippen molar-refractivity contribution in [3.05, 3.63) is 130 Å². The fourth-order valence-corrected chi connectivity index (χ4v) is 3.57. The molecule has 0 saturated carbocycles. The van der Waals surface area contributed by atoms with Crippen LogP contribution < -0.4 is 10.1 Å². The fourth-order valence-electron chi connectivity index (χ4n) is 3.30. The minimum absolute atomic E-state index is 0.0403. The zero-order chi connectivity index (χ0) is 23.8. The molecule has 4 aromatic rings. The number of rotatable bonds is 9. The number of carbonyl (C=O) groups excluding carboxylic acids is 1. The molecule has 0 aliphatic carbocycles. The van der Waals surface area contributed by atoms with E-state index < -0.39 is 11.8 Å². The van der Waals surface area contributed by atoms with Crippen LogP contribution in [0.5, 0.6) is 5.75 Å². The van der Waals surface area contributed by atoms with Gasteiger partial charge in [-0.1, -0.05) is 88.7 Å². The molecule has 1 N–H and O–H groups in total. The van der Waals surface area contributed by atoms with E-state index in [2.05, 4.69) is 21.2 Å². The summed E-state index contributed by atoms with van der Waals surface area (Å²) in [5.74, 6) is -0.956. The van der Waals surface area contributed by atoms with E-state index in [1.54, 1.807) is 0 Å². The van der Waals surface area contributed by atoms with Gasteiger partial charge < -0.3 is 14.8 Å². The summed E-state index contributed by atoms with van der Waals surface area (Å²) in [7, 11) is 0. The van der Waals surface area contributed by atoms with Gasteiger partial charge in [-0.15, -0.1) is 0 Å². The van der Waals surface area contributed by atoms with Gasteiger partial charge in [-0.3, -0.25) is 0 Å². The Morgan fingerprint density at radius 2 is 1.41 bits per heavy atom. The molecule has 0 aliphatic heterocycles. The van der Waals surface area contributed by atoms with Crippen LogP contribution in [0.25, 0.3) is 0 Å². The van der Waals surface area contributed by atoms with Gasteiger partial charge in [0.25, 0.3) is 0 Å². The summed E-state index contributed by atoms with van der Waals surface area (Å²) in [5.41, 5.74) is 3.04. The van der Waals surface area contributed by atoms with Gasteiger partial charge in [0.15, 0.2) is 0 Å². The molecule has 0 unspecified atom stereocenters. The molecular weight excluding hydrogens is 497 g/mol. The van der Waals surface area contributed by atoms with Crippen LogP contribution in [0.3, 0.4) is 0 Å². The largest absolute Gasteiger partial charge is 0.488 e. The first-order chi connectivity index (χ1) is 16.6. The Morgan fingerprint density at radius 1 is 0.794 bits per heavy atom. The topological polar surface area (TPSA) is 47.6 Å². The summed E-state index contributed by atoms with van der Waals surface area (Å²) in [6.07, 6.45) is 0. The first-order valence-electron chi connectivity index (χ1n) is 10.8. The monoisotopic (exact) mass is 519 g/mol. The lowest BCUT2D eigenvalue weighted by molar-refractivity contribution is 0.0467. The molecule has 34 heavy (non-hydrogen) atoms. The highest BCUT2D eigenvalue weighted by Gasteiger charge is 2.19. The Bertz CT molecular complexity index is 1230. The normalized spacial score (nSPS) is 10.5. The highest BCUT2D eigenvalue weighted by Crippen LogP contribution is 2.29. The van der Waals surface area contributed by atoms with Crippen LogP contribution in [0.2, 0.25) is 0 Å². The van der Waals surface area contributed by atoms with Crippen molar-refractivity contribution in [1.29, 1.82) is 0 Å². The summed E-state index contributed by atoms with van der Waals surface area (Å²) in [5, 5.41) is 3.09. The zero-order valence-electron chi connectivity index (χ0n) is 18.3. The van der Waals surface area contributed by atoms with Gasteiger partial charge in [-0.2, -0.15) is 0 Å². The number of esters is 1. The van der Waals surface area contributed by atoms with Crippen LogP contribution in [-0.4, -0.2) is 5.97 Å². The third-order valence-corrected chi connectivity index (χ3v) is 5.66. The van der Waals surface area contributed by atoms with Crippen molar-refractivity contribution >= 4 is 27.6 Å². The first-order valence-corrected chi connectivity index (χ1v) is 11.6. The molecule has 4 rings (SSSR count). The van der Waals surface area contributed by atoms with E-state index in [4.69, 9.17) is 9.47 Å². The Morgan fingerprint density at radius 3 is 2.06 bits per heavy atom. The number of halogens is 2. The van der Waals surface area contributed by atoms with Gasteiger partial charge in [0.2, 0.25) is 0 Å². The molecular formula is C28H23BrFNO3. The van der Waals surface area contributed by atoms with E-state index in [0.29, 0.717) is 6.54 Å². The number of ether oxygens (including phenoxy) is 2. The molecule has 0 heterocycles. The molecule has 0 aromatic heterocycles. The molecule has 0 radical (unpaired) electrons. The van der Waals surface area contributed by atoms with Gasteiger partial charge in [0, 0.05) is 17.1 Å². The Kier molecular flexibility index (Phi) is 7.94. The van der Waals surface area contributed by atoms with E-state index >= 15 is 0 Å². The number of hydrogen-bond acceptors (Lipinski definition) is 4. The molecule has 0 fully saturated rings. The van der Waals surface area contributed by atoms with Gasteiger partial charge in [-0.05, 0) is 34.9 Å². The Balaban J connectivity index is 1.54. The molecule has 0 saturated heterocycles. The highest BCUT2D eigenvalue weighted by atomic mass is 79.9. The average Bonchev–Trinajstić information content (AvgIpc) is 2.87. The van der Waals surface area contributed by atoms with Crippen molar-refractivity contribution in [2.75, 3.05) is 5.32 Å². The standard InChI is InChI=1S/C28H23BrFNO3/c29-23-13-11-20(12-14-23)17-31-26-16-27(33-18-21-7-3-1-4-8-21)24(15-25(26)30)28(32)34-19-22-9-5-2-6-10-22/h1-16,31H,17-19H2. The Hall–Kier alpha value is -3.64. The van der Waals surface area contributed by atoms with E-state index in [1.807, 2.05) is 84.9 Å². The third-order valence-electron chi connectivity index (χ3n) is 5.14. The molecule has 6 heteroatoms. The predicted octanol–water partition coefficient (Wildman–Crippen LogP) is 7.14. The number of nitrogens with one attached hydrogen (secondary N) is 1. The minimum atomic E-state index is -0.648. The van der Waals surface area contributed by atoms with Crippen LogP contribution in [0, 0.1) is 5.82 Å². The predicted molar refractivity (Wildman–Crippen MR) is 134 cm³/mol. The lowest BCUT2D eigenvalue weighted by Crippen LogP contribution is -2.11. The van der Waals surface area contributed by atoms with Crippen LogP contribution in [0.15, 0.2) is 102 Å². The van der Waals surface area contributed by atoms with Crippen molar-refractivity contribution in [3.8, 4) is 5.75 Å². The highest BCUT2D eigenvalue weighted by molar-refractivity contribution is 9.10. The summed E-state index contributed by atoms with van der Waals surface area (Å²) in [6, 6.07) is 29.3. The minimum Gasteiger partial charge on any atom is -0.488 e. The van der Waals surface area contributed by atoms with Gasteiger partial charge in [0.05, 0.1) is 5.69 Å². The molecule has 0 atom stereocenters. The molecule has 0 amide bonds. The van der Waals surface area contributed by atoms with Crippen molar-refractivity contribution in [3.63, 3.8) is 0 Å². The molecule has 0 spiro atoms. The molecule has 0 bridgehead atoms. The second-order valence-corrected chi connectivity index (χ2v) is 8.56. The Labute approximate surface area is 206 Å². The fraction of sp³-hybridized carbons (Fsp3) is 0.107. The van der Waals surface area contributed by atoms with Gasteiger partial charge in [-0.25, -0.2) is 9.18 Å². The second kappa shape index (κ2) is 11.5. The van der Waals surface area contributed by atoms with E-state index in [1.165, 1.54) is 6.07 Å². The zero-order valence-corrected chi connectivity index (χ0v) is 19.9. The lowest BCUT2D eigenvalue weighted by Gasteiger charge is -2.15. The van der Waals surface area contributed by atoms with Gasteiger partial charge >= 0.3 is 5.97 Å². The summed E-state index contributed by atoms with van der Waals surface area (Å²) in [6.45, 7) is 0.737. The first kappa shape index (κ1) is 23.5. The summed E-state index contributed by atoms with van der Waals surface area (Å²) in [4.78, 5) is 12.8. The van der Waals surface area contributed by atoms with Crippen LogP contribution in [0.4, 0.5) is 10.1 Å². The lowest BCUT2D eigenvalue weighted by atomic mass is 10.1. The molecule has 172 valence electrons. The maximum absolute atomic E-state index is 15.0. The summed E-state index contributed by atoms with van der Waals surface area (Å²) >= 11 is 3.41. The second-order valence-electron chi connectivity index (χ2n) is 7.64. The molecule has 4 nitrogen and oxygen atoms in total. The number of benzene rings is 4. The number of hydrogen-bond donors (Lipinski definition) is 1. The van der Waals surface area contributed by atoms with E-state index in [0.717, 1.165) is 27.2 Å². The van der Waals surface area contributed by atoms with Crippen molar-refractivity contribution in [1.82, 2.24) is 0 Å².